The van der Waals surface area contributed by atoms with Crippen molar-refractivity contribution in [3.63, 3.8) is 0 Å². The number of aryl methyl sites for hydroxylation is 1. The zero-order valence-electron chi connectivity index (χ0n) is 10.9. The number of rotatable bonds is 5. The Morgan fingerprint density at radius 3 is 2.83 bits per heavy atom. The standard InChI is InChI=1S/C13H19ClN4/c1-17(2)9-13-16-11-8-10(14)4-5-12(11)18(13)7-3-6-15/h4-5,8H,3,6-7,9,15H2,1-2H3. The van der Waals surface area contributed by atoms with E-state index in [1.54, 1.807) is 0 Å². The first-order chi connectivity index (χ1) is 8.61. The normalized spacial score (nSPS) is 11.6. The quantitative estimate of drug-likeness (QED) is 0.902. The molecule has 0 bridgehead atoms. The summed E-state index contributed by atoms with van der Waals surface area (Å²) in [7, 11) is 4.08. The van der Waals surface area contributed by atoms with Crippen molar-refractivity contribution in [2.45, 2.75) is 19.5 Å². The molecule has 0 aliphatic heterocycles. The van der Waals surface area contributed by atoms with Gasteiger partial charge >= 0.3 is 0 Å². The van der Waals surface area contributed by atoms with Crippen LogP contribution in [0.15, 0.2) is 18.2 Å². The maximum absolute atomic E-state index is 6.01. The predicted octanol–water partition coefficient (Wildman–Crippen LogP) is 2.10. The Kier molecular flexibility index (Phi) is 4.22. The van der Waals surface area contributed by atoms with E-state index in [9.17, 15) is 0 Å². The van der Waals surface area contributed by atoms with Crippen molar-refractivity contribution in [1.29, 1.82) is 0 Å². The summed E-state index contributed by atoms with van der Waals surface area (Å²) in [6, 6.07) is 5.85. The molecule has 18 heavy (non-hydrogen) atoms. The van der Waals surface area contributed by atoms with Crippen LogP contribution >= 0.6 is 11.6 Å². The van der Waals surface area contributed by atoms with E-state index in [-0.39, 0.29) is 0 Å². The van der Waals surface area contributed by atoms with Gasteiger partial charge in [0.15, 0.2) is 0 Å². The lowest BCUT2D eigenvalue weighted by atomic mass is 10.3. The SMILES string of the molecule is CN(C)Cc1nc2cc(Cl)ccc2n1CCCN. The van der Waals surface area contributed by atoms with Crippen molar-refractivity contribution < 1.29 is 0 Å². The van der Waals surface area contributed by atoms with Gasteiger partial charge in [0.05, 0.1) is 17.6 Å². The molecule has 0 radical (unpaired) electrons. The van der Waals surface area contributed by atoms with Crippen molar-refractivity contribution in [3.05, 3.63) is 29.0 Å². The fraction of sp³-hybridized carbons (Fsp3) is 0.462. The van der Waals surface area contributed by atoms with E-state index >= 15 is 0 Å². The Labute approximate surface area is 112 Å². The highest BCUT2D eigenvalue weighted by Gasteiger charge is 2.11. The lowest BCUT2D eigenvalue weighted by Crippen LogP contribution is -2.16. The van der Waals surface area contributed by atoms with Gasteiger partial charge in [0.25, 0.3) is 0 Å². The van der Waals surface area contributed by atoms with Crippen molar-refractivity contribution in [1.82, 2.24) is 14.5 Å². The van der Waals surface area contributed by atoms with Gasteiger partial charge < -0.3 is 15.2 Å². The second kappa shape index (κ2) is 5.69. The molecular weight excluding hydrogens is 248 g/mol. The molecule has 4 nitrogen and oxygen atoms in total. The number of benzene rings is 1. The van der Waals surface area contributed by atoms with E-state index < -0.39 is 0 Å². The number of nitrogens with zero attached hydrogens (tertiary/aromatic N) is 3. The van der Waals surface area contributed by atoms with E-state index in [1.807, 2.05) is 32.3 Å². The monoisotopic (exact) mass is 266 g/mol. The van der Waals surface area contributed by atoms with Gasteiger partial charge in [-0.25, -0.2) is 4.98 Å². The van der Waals surface area contributed by atoms with Crippen LogP contribution in [0.5, 0.6) is 0 Å². The Bertz CT molecular complexity index is 533. The highest BCUT2D eigenvalue weighted by Crippen LogP contribution is 2.21. The molecule has 0 unspecified atom stereocenters. The second-order valence-corrected chi connectivity index (χ2v) is 5.13. The van der Waals surface area contributed by atoms with E-state index in [1.165, 1.54) is 0 Å². The first kappa shape index (κ1) is 13.3. The smallest absolute Gasteiger partial charge is 0.124 e. The summed E-state index contributed by atoms with van der Waals surface area (Å²) in [5.74, 6) is 1.06. The highest BCUT2D eigenvalue weighted by atomic mass is 35.5. The second-order valence-electron chi connectivity index (χ2n) is 4.69. The van der Waals surface area contributed by atoms with Crippen LogP contribution in [0.4, 0.5) is 0 Å². The summed E-state index contributed by atoms with van der Waals surface area (Å²) < 4.78 is 2.23. The number of imidazole rings is 1. The third kappa shape index (κ3) is 2.83. The Morgan fingerprint density at radius 2 is 2.17 bits per heavy atom. The number of hydrogen-bond donors (Lipinski definition) is 1. The van der Waals surface area contributed by atoms with E-state index in [2.05, 4.69) is 14.5 Å². The summed E-state index contributed by atoms with van der Waals surface area (Å²) in [6.45, 7) is 2.41. The number of nitrogens with two attached hydrogens (primary N) is 1. The minimum absolute atomic E-state index is 0.689. The molecule has 2 rings (SSSR count). The van der Waals surface area contributed by atoms with Gasteiger partial charge in [-0.2, -0.15) is 0 Å². The van der Waals surface area contributed by atoms with Crippen LogP contribution in [0, 0.1) is 0 Å². The highest BCUT2D eigenvalue weighted by molar-refractivity contribution is 6.31. The van der Waals surface area contributed by atoms with Crippen LogP contribution in [0.3, 0.4) is 0 Å². The molecule has 0 spiro atoms. The zero-order chi connectivity index (χ0) is 13.1. The average molecular weight is 267 g/mol. The van der Waals surface area contributed by atoms with Crippen LogP contribution in [-0.4, -0.2) is 35.1 Å². The Balaban J connectivity index is 2.45. The van der Waals surface area contributed by atoms with Gasteiger partial charge in [-0.1, -0.05) is 11.6 Å². The molecule has 1 aromatic heterocycles. The summed E-state index contributed by atoms with van der Waals surface area (Å²) in [4.78, 5) is 6.78. The molecule has 2 aromatic rings. The lowest BCUT2D eigenvalue weighted by Gasteiger charge is -2.12. The number of aromatic nitrogens is 2. The summed E-state index contributed by atoms with van der Waals surface area (Å²) in [5.41, 5.74) is 7.68. The molecule has 1 aromatic carbocycles. The molecular formula is C13H19ClN4. The number of halogens is 1. The third-order valence-corrected chi connectivity index (χ3v) is 3.07. The minimum atomic E-state index is 0.689. The van der Waals surface area contributed by atoms with Gasteiger partial charge in [-0.3, -0.25) is 0 Å². The molecule has 0 amide bonds. The van der Waals surface area contributed by atoms with Crippen LogP contribution in [0.25, 0.3) is 11.0 Å². The topological polar surface area (TPSA) is 47.1 Å². The first-order valence-corrected chi connectivity index (χ1v) is 6.49. The molecule has 98 valence electrons. The molecule has 0 saturated heterocycles. The van der Waals surface area contributed by atoms with Crippen molar-refractivity contribution >= 4 is 22.6 Å². The first-order valence-electron chi connectivity index (χ1n) is 6.11. The number of fused-ring (bicyclic) bond motifs is 1. The molecule has 0 aliphatic rings. The largest absolute Gasteiger partial charge is 0.330 e. The lowest BCUT2D eigenvalue weighted by molar-refractivity contribution is 0.381. The maximum atomic E-state index is 6.01. The predicted molar refractivity (Wildman–Crippen MR) is 75.8 cm³/mol. The van der Waals surface area contributed by atoms with Crippen LogP contribution in [0.1, 0.15) is 12.2 Å². The third-order valence-electron chi connectivity index (χ3n) is 2.83. The Morgan fingerprint density at radius 1 is 1.39 bits per heavy atom. The van der Waals surface area contributed by atoms with Crippen LogP contribution in [-0.2, 0) is 13.1 Å². The fourth-order valence-corrected chi connectivity index (χ4v) is 2.22. The molecule has 0 aliphatic carbocycles. The van der Waals surface area contributed by atoms with Crippen molar-refractivity contribution in [2.24, 2.45) is 5.73 Å². The summed E-state index contributed by atoms with van der Waals surface area (Å²) in [5, 5.41) is 0.724. The number of hydrogen-bond acceptors (Lipinski definition) is 3. The van der Waals surface area contributed by atoms with Gasteiger partial charge in [0.1, 0.15) is 5.82 Å². The van der Waals surface area contributed by atoms with Gasteiger partial charge in [-0.15, -0.1) is 0 Å². The van der Waals surface area contributed by atoms with E-state index in [0.717, 1.165) is 41.4 Å². The van der Waals surface area contributed by atoms with Gasteiger partial charge in [0, 0.05) is 11.6 Å². The van der Waals surface area contributed by atoms with Crippen molar-refractivity contribution in [2.75, 3.05) is 20.6 Å². The Hall–Kier alpha value is -1.10. The molecule has 0 fully saturated rings. The van der Waals surface area contributed by atoms with Gasteiger partial charge in [0.2, 0.25) is 0 Å². The van der Waals surface area contributed by atoms with Crippen molar-refractivity contribution in [3.8, 4) is 0 Å². The molecule has 1 heterocycles. The maximum Gasteiger partial charge on any atom is 0.124 e. The molecule has 0 atom stereocenters. The zero-order valence-corrected chi connectivity index (χ0v) is 11.6. The molecule has 2 N–H and O–H groups in total. The summed E-state index contributed by atoms with van der Waals surface area (Å²) in [6.07, 6.45) is 0.953. The molecule has 0 saturated carbocycles. The van der Waals surface area contributed by atoms with E-state index in [0.29, 0.717) is 6.54 Å². The summed E-state index contributed by atoms with van der Waals surface area (Å²) >= 11 is 6.01. The van der Waals surface area contributed by atoms with E-state index in [4.69, 9.17) is 17.3 Å². The van der Waals surface area contributed by atoms with Gasteiger partial charge in [-0.05, 0) is 45.3 Å². The van der Waals surface area contributed by atoms with Crippen LogP contribution in [0.2, 0.25) is 5.02 Å². The minimum Gasteiger partial charge on any atom is -0.330 e. The van der Waals surface area contributed by atoms with Crippen LogP contribution < -0.4 is 5.73 Å². The molecule has 5 heteroatoms. The average Bonchev–Trinajstić information content (AvgIpc) is 2.62. The fourth-order valence-electron chi connectivity index (χ4n) is 2.06.